The van der Waals surface area contributed by atoms with Gasteiger partial charge in [-0.1, -0.05) is 0 Å². The first-order valence-corrected chi connectivity index (χ1v) is 8.24. The van der Waals surface area contributed by atoms with Gasteiger partial charge in [0.2, 0.25) is 11.8 Å². The molecule has 0 spiro atoms. The Morgan fingerprint density at radius 1 is 1.30 bits per heavy atom. The van der Waals surface area contributed by atoms with Gasteiger partial charge in [0.1, 0.15) is 6.61 Å². The standard InChI is InChI=1S/C16H24N4O3/c1-13-2-3-15(18-17-13)23-11-9-19-5-7-20(8-6-19)16(21)14-4-10-22-12-14/h2-3,14H,4-12H2,1H3. The predicted octanol–water partition coefficient (Wildman–Crippen LogP) is 0.345. The average Bonchev–Trinajstić information content (AvgIpc) is 3.11. The first-order chi connectivity index (χ1) is 11.2. The van der Waals surface area contributed by atoms with Crippen LogP contribution < -0.4 is 4.74 Å². The minimum Gasteiger partial charge on any atom is -0.475 e. The molecule has 0 radical (unpaired) electrons. The summed E-state index contributed by atoms with van der Waals surface area (Å²) in [7, 11) is 0. The Bertz CT molecular complexity index is 509. The van der Waals surface area contributed by atoms with Crippen LogP contribution in [0.3, 0.4) is 0 Å². The Hall–Kier alpha value is -1.73. The number of nitrogens with zero attached hydrogens (tertiary/aromatic N) is 4. The Labute approximate surface area is 136 Å². The Morgan fingerprint density at radius 2 is 2.13 bits per heavy atom. The second kappa shape index (κ2) is 7.70. The van der Waals surface area contributed by atoms with Gasteiger partial charge >= 0.3 is 0 Å². The van der Waals surface area contributed by atoms with Gasteiger partial charge in [-0.05, 0) is 19.4 Å². The minimum atomic E-state index is 0.0741. The van der Waals surface area contributed by atoms with E-state index in [1.54, 1.807) is 0 Å². The largest absolute Gasteiger partial charge is 0.475 e. The van der Waals surface area contributed by atoms with E-state index < -0.39 is 0 Å². The first-order valence-electron chi connectivity index (χ1n) is 8.24. The molecule has 126 valence electrons. The molecule has 2 saturated heterocycles. The number of rotatable bonds is 5. The smallest absolute Gasteiger partial charge is 0.233 e. The molecule has 2 fully saturated rings. The van der Waals surface area contributed by atoms with E-state index in [2.05, 4.69) is 15.1 Å². The fourth-order valence-corrected chi connectivity index (χ4v) is 2.92. The number of aromatic nitrogens is 2. The van der Waals surface area contributed by atoms with Crippen molar-refractivity contribution in [1.29, 1.82) is 0 Å². The highest BCUT2D eigenvalue weighted by Gasteiger charge is 2.29. The van der Waals surface area contributed by atoms with E-state index in [1.165, 1.54) is 0 Å². The van der Waals surface area contributed by atoms with Crippen molar-refractivity contribution in [3.05, 3.63) is 17.8 Å². The monoisotopic (exact) mass is 320 g/mol. The summed E-state index contributed by atoms with van der Waals surface area (Å²) < 4.78 is 10.9. The molecule has 7 heteroatoms. The van der Waals surface area contributed by atoms with E-state index in [0.29, 0.717) is 19.1 Å². The molecule has 2 aliphatic heterocycles. The maximum atomic E-state index is 12.3. The highest BCUT2D eigenvalue weighted by molar-refractivity contribution is 5.79. The zero-order valence-electron chi connectivity index (χ0n) is 13.6. The molecule has 0 bridgehead atoms. The molecule has 1 aromatic rings. The van der Waals surface area contributed by atoms with Crippen LogP contribution in [0.4, 0.5) is 0 Å². The number of piperazine rings is 1. The van der Waals surface area contributed by atoms with Gasteiger partial charge in [0, 0.05) is 45.4 Å². The molecule has 0 N–H and O–H groups in total. The fraction of sp³-hybridized carbons (Fsp3) is 0.688. The summed E-state index contributed by atoms with van der Waals surface area (Å²) in [6, 6.07) is 3.72. The first kappa shape index (κ1) is 16.1. The van der Waals surface area contributed by atoms with E-state index in [1.807, 2.05) is 24.0 Å². The molecule has 0 aromatic carbocycles. The Balaban J connectivity index is 1.36. The zero-order chi connectivity index (χ0) is 16.1. The SMILES string of the molecule is Cc1ccc(OCCN2CCN(C(=O)C3CCOC3)CC2)nn1. The summed E-state index contributed by atoms with van der Waals surface area (Å²) in [5, 5.41) is 7.95. The molecular weight excluding hydrogens is 296 g/mol. The highest BCUT2D eigenvalue weighted by atomic mass is 16.5. The van der Waals surface area contributed by atoms with Gasteiger partial charge in [-0.2, -0.15) is 5.10 Å². The summed E-state index contributed by atoms with van der Waals surface area (Å²) in [6.07, 6.45) is 0.866. The molecular formula is C16H24N4O3. The van der Waals surface area contributed by atoms with Gasteiger partial charge in [0.15, 0.2) is 0 Å². The van der Waals surface area contributed by atoms with Gasteiger partial charge < -0.3 is 14.4 Å². The normalized spacial score (nSPS) is 22.3. The molecule has 7 nitrogen and oxygen atoms in total. The number of ether oxygens (including phenoxy) is 2. The molecule has 0 aliphatic carbocycles. The van der Waals surface area contributed by atoms with Crippen molar-refractivity contribution >= 4 is 5.91 Å². The molecule has 3 rings (SSSR count). The lowest BCUT2D eigenvalue weighted by Crippen LogP contribution is -2.51. The van der Waals surface area contributed by atoms with E-state index in [4.69, 9.17) is 9.47 Å². The van der Waals surface area contributed by atoms with Gasteiger partial charge in [-0.15, -0.1) is 5.10 Å². The van der Waals surface area contributed by atoms with Crippen LogP contribution >= 0.6 is 0 Å². The van der Waals surface area contributed by atoms with Crippen molar-refractivity contribution in [3.63, 3.8) is 0 Å². The third-order valence-electron chi connectivity index (χ3n) is 4.39. The third kappa shape index (κ3) is 4.39. The fourth-order valence-electron chi connectivity index (χ4n) is 2.92. The predicted molar refractivity (Wildman–Crippen MR) is 84.2 cm³/mol. The summed E-state index contributed by atoms with van der Waals surface area (Å²) in [4.78, 5) is 16.6. The van der Waals surface area contributed by atoms with Crippen molar-refractivity contribution in [2.24, 2.45) is 5.92 Å². The van der Waals surface area contributed by atoms with Crippen LogP contribution in [0.2, 0.25) is 0 Å². The summed E-state index contributed by atoms with van der Waals surface area (Å²) in [5.41, 5.74) is 0.880. The van der Waals surface area contributed by atoms with Gasteiger partial charge in [-0.3, -0.25) is 9.69 Å². The van der Waals surface area contributed by atoms with Crippen molar-refractivity contribution in [2.45, 2.75) is 13.3 Å². The lowest BCUT2D eigenvalue weighted by atomic mass is 10.1. The van der Waals surface area contributed by atoms with Gasteiger partial charge in [0.05, 0.1) is 18.2 Å². The topological polar surface area (TPSA) is 67.8 Å². The van der Waals surface area contributed by atoms with Crippen molar-refractivity contribution in [2.75, 3.05) is 52.5 Å². The van der Waals surface area contributed by atoms with Gasteiger partial charge in [0.25, 0.3) is 0 Å². The zero-order valence-corrected chi connectivity index (χ0v) is 13.6. The molecule has 3 heterocycles. The van der Waals surface area contributed by atoms with Crippen molar-refractivity contribution in [3.8, 4) is 5.88 Å². The van der Waals surface area contributed by atoms with E-state index >= 15 is 0 Å². The van der Waals surface area contributed by atoms with Crippen molar-refractivity contribution in [1.82, 2.24) is 20.0 Å². The van der Waals surface area contributed by atoms with E-state index in [9.17, 15) is 4.79 Å². The summed E-state index contributed by atoms with van der Waals surface area (Å²) in [6.45, 7) is 7.99. The molecule has 1 atom stereocenters. The molecule has 1 unspecified atom stereocenters. The third-order valence-corrected chi connectivity index (χ3v) is 4.39. The van der Waals surface area contributed by atoms with Crippen LogP contribution in [0, 0.1) is 12.8 Å². The van der Waals surface area contributed by atoms with Crippen LogP contribution in [-0.2, 0) is 9.53 Å². The van der Waals surface area contributed by atoms with E-state index in [0.717, 1.165) is 51.4 Å². The quantitative estimate of drug-likeness (QED) is 0.780. The number of carbonyl (C=O) groups excluding carboxylic acids is 1. The molecule has 0 saturated carbocycles. The van der Waals surface area contributed by atoms with Crippen LogP contribution in [-0.4, -0.2) is 78.4 Å². The number of hydrogen-bond donors (Lipinski definition) is 0. The van der Waals surface area contributed by atoms with Gasteiger partial charge in [-0.25, -0.2) is 0 Å². The molecule has 23 heavy (non-hydrogen) atoms. The maximum Gasteiger partial charge on any atom is 0.233 e. The van der Waals surface area contributed by atoms with Crippen LogP contribution in [0.15, 0.2) is 12.1 Å². The lowest BCUT2D eigenvalue weighted by Gasteiger charge is -2.35. The number of aryl methyl sites for hydroxylation is 1. The van der Waals surface area contributed by atoms with Crippen LogP contribution in [0.1, 0.15) is 12.1 Å². The Kier molecular flexibility index (Phi) is 5.40. The lowest BCUT2D eigenvalue weighted by molar-refractivity contribution is -0.137. The maximum absolute atomic E-state index is 12.3. The number of hydrogen-bond acceptors (Lipinski definition) is 6. The molecule has 1 amide bonds. The average molecular weight is 320 g/mol. The van der Waals surface area contributed by atoms with E-state index in [-0.39, 0.29) is 11.8 Å². The molecule has 1 aromatic heterocycles. The summed E-state index contributed by atoms with van der Waals surface area (Å²) >= 11 is 0. The van der Waals surface area contributed by atoms with Crippen molar-refractivity contribution < 1.29 is 14.3 Å². The van der Waals surface area contributed by atoms with Crippen LogP contribution in [0.5, 0.6) is 5.88 Å². The second-order valence-corrected chi connectivity index (χ2v) is 6.09. The number of amides is 1. The molecule has 2 aliphatic rings. The highest BCUT2D eigenvalue weighted by Crippen LogP contribution is 2.16. The summed E-state index contributed by atoms with van der Waals surface area (Å²) in [5.74, 6) is 0.893. The minimum absolute atomic E-state index is 0.0741. The Morgan fingerprint density at radius 3 is 2.78 bits per heavy atom. The van der Waals surface area contributed by atoms with Crippen LogP contribution in [0.25, 0.3) is 0 Å². The second-order valence-electron chi connectivity index (χ2n) is 6.09. The number of carbonyl (C=O) groups is 1.